The summed E-state index contributed by atoms with van der Waals surface area (Å²) in [5, 5.41) is 3.35. The van der Waals surface area contributed by atoms with Crippen LogP contribution in [0.1, 0.15) is 26.2 Å². The summed E-state index contributed by atoms with van der Waals surface area (Å²) in [6.07, 6.45) is 7.83. The lowest BCUT2D eigenvalue weighted by molar-refractivity contribution is 0.122. The summed E-state index contributed by atoms with van der Waals surface area (Å²) in [6.45, 7) is 4.27. The van der Waals surface area contributed by atoms with Crippen LogP contribution in [-0.2, 0) is 4.74 Å². The summed E-state index contributed by atoms with van der Waals surface area (Å²) in [7, 11) is 0. The lowest BCUT2D eigenvalue weighted by atomic mass is 10.1. The highest BCUT2D eigenvalue weighted by atomic mass is 16.5. The molecule has 11 heavy (non-hydrogen) atoms. The van der Waals surface area contributed by atoms with Crippen molar-refractivity contribution >= 4 is 0 Å². The molecule has 0 aliphatic carbocycles. The van der Waals surface area contributed by atoms with E-state index in [0.717, 1.165) is 19.5 Å². The molecule has 64 valence electrons. The molecule has 0 amide bonds. The molecule has 0 saturated carbocycles. The van der Waals surface area contributed by atoms with Crippen molar-refractivity contribution in [2.24, 2.45) is 0 Å². The SMILES string of the molecule is CCCNCC1CCC=CO1. The van der Waals surface area contributed by atoms with E-state index >= 15 is 0 Å². The van der Waals surface area contributed by atoms with Crippen LogP contribution < -0.4 is 5.32 Å². The molecule has 0 aromatic carbocycles. The molecule has 0 bridgehead atoms. The lowest BCUT2D eigenvalue weighted by Crippen LogP contribution is -2.29. The van der Waals surface area contributed by atoms with Gasteiger partial charge in [0.25, 0.3) is 0 Å². The number of allylic oxidation sites excluding steroid dienone is 1. The van der Waals surface area contributed by atoms with Crippen molar-refractivity contribution in [2.75, 3.05) is 13.1 Å². The van der Waals surface area contributed by atoms with E-state index in [1.54, 1.807) is 0 Å². The zero-order valence-corrected chi connectivity index (χ0v) is 7.18. The van der Waals surface area contributed by atoms with Crippen molar-refractivity contribution in [1.82, 2.24) is 5.32 Å². The van der Waals surface area contributed by atoms with E-state index in [0.29, 0.717) is 6.10 Å². The Bertz CT molecular complexity index is 123. The first-order valence-electron chi connectivity index (χ1n) is 4.44. The number of nitrogens with one attached hydrogen (secondary N) is 1. The van der Waals surface area contributed by atoms with Crippen LogP contribution >= 0.6 is 0 Å². The van der Waals surface area contributed by atoms with E-state index in [9.17, 15) is 0 Å². The normalized spacial score (nSPS) is 23.2. The molecule has 1 N–H and O–H groups in total. The Hall–Kier alpha value is -0.500. The lowest BCUT2D eigenvalue weighted by Gasteiger charge is -2.19. The Balaban J connectivity index is 2.02. The van der Waals surface area contributed by atoms with Crippen LogP contribution in [-0.4, -0.2) is 19.2 Å². The van der Waals surface area contributed by atoms with Gasteiger partial charge in [0, 0.05) is 6.54 Å². The summed E-state index contributed by atoms with van der Waals surface area (Å²) in [5.74, 6) is 0. The zero-order chi connectivity index (χ0) is 7.94. The van der Waals surface area contributed by atoms with Crippen molar-refractivity contribution in [2.45, 2.75) is 32.3 Å². The van der Waals surface area contributed by atoms with Crippen LogP contribution in [0.25, 0.3) is 0 Å². The summed E-state index contributed by atoms with van der Waals surface area (Å²) >= 11 is 0. The van der Waals surface area contributed by atoms with Gasteiger partial charge in [-0.25, -0.2) is 0 Å². The highest BCUT2D eigenvalue weighted by molar-refractivity contribution is 4.82. The molecule has 1 atom stereocenters. The van der Waals surface area contributed by atoms with Gasteiger partial charge >= 0.3 is 0 Å². The Labute approximate surface area is 68.6 Å². The topological polar surface area (TPSA) is 21.3 Å². The number of rotatable bonds is 4. The summed E-state index contributed by atoms with van der Waals surface area (Å²) in [4.78, 5) is 0. The predicted molar refractivity (Wildman–Crippen MR) is 46.4 cm³/mol. The zero-order valence-electron chi connectivity index (χ0n) is 7.18. The van der Waals surface area contributed by atoms with Gasteiger partial charge in [-0.1, -0.05) is 6.92 Å². The highest BCUT2D eigenvalue weighted by Crippen LogP contribution is 2.08. The number of hydrogen-bond donors (Lipinski definition) is 1. The van der Waals surface area contributed by atoms with Crippen LogP contribution in [0.2, 0.25) is 0 Å². The molecule has 1 unspecified atom stereocenters. The Morgan fingerprint density at radius 2 is 2.55 bits per heavy atom. The van der Waals surface area contributed by atoms with Crippen molar-refractivity contribution in [3.8, 4) is 0 Å². The maximum absolute atomic E-state index is 5.38. The van der Waals surface area contributed by atoms with Crippen molar-refractivity contribution < 1.29 is 4.74 Å². The largest absolute Gasteiger partial charge is 0.497 e. The molecule has 1 heterocycles. The van der Waals surface area contributed by atoms with Gasteiger partial charge in [0.15, 0.2) is 0 Å². The van der Waals surface area contributed by atoms with Crippen LogP contribution in [0.4, 0.5) is 0 Å². The van der Waals surface area contributed by atoms with Gasteiger partial charge in [-0.15, -0.1) is 0 Å². The second-order valence-corrected chi connectivity index (χ2v) is 2.91. The van der Waals surface area contributed by atoms with E-state index in [2.05, 4.69) is 18.3 Å². The Kier molecular flexibility index (Phi) is 4.06. The van der Waals surface area contributed by atoms with E-state index in [-0.39, 0.29) is 0 Å². The van der Waals surface area contributed by atoms with Crippen LogP contribution in [0.5, 0.6) is 0 Å². The first-order chi connectivity index (χ1) is 5.43. The average molecular weight is 155 g/mol. The third-order valence-electron chi connectivity index (χ3n) is 1.82. The molecule has 0 fully saturated rings. The molecule has 0 radical (unpaired) electrons. The second-order valence-electron chi connectivity index (χ2n) is 2.91. The van der Waals surface area contributed by atoms with Crippen molar-refractivity contribution in [1.29, 1.82) is 0 Å². The minimum atomic E-state index is 0.409. The van der Waals surface area contributed by atoms with Crippen molar-refractivity contribution in [3.63, 3.8) is 0 Å². The molecule has 2 heteroatoms. The van der Waals surface area contributed by atoms with E-state index in [1.807, 2.05) is 6.26 Å². The second kappa shape index (κ2) is 5.19. The van der Waals surface area contributed by atoms with E-state index < -0.39 is 0 Å². The summed E-state index contributed by atoms with van der Waals surface area (Å²) < 4.78 is 5.38. The molecule has 1 rings (SSSR count). The summed E-state index contributed by atoms with van der Waals surface area (Å²) in [6, 6.07) is 0. The average Bonchev–Trinajstić information content (AvgIpc) is 2.07. The fourth-order valence-electron chi connectivity index (χ4n) is 1.17. The van der Waals surface area contributed by atoms with Gasteiger partial charge < -0.3 is 10.1 Å². The molecular weight excluding hydrogens is 138 g/mol. The molecule has 1 aliphatic heterocycles. The number of ether oxygens (including phenoxy) is 1. The first kappa shape index (κ1) is 8.60. The predicted octanol–water partition coefficient (Wildman–Crippen LogP) is 1.68. The van der Waals surface area contributed by atoms with Gasteiger partial charge in [0.05, 0.1) is 6.26 Å². The number of hydrogen-bond acceptors (Lipinski definition) is 2. The standard InChI is InChI=1S/C9H17NO/c1-2-6-10-8-9-5-3-4-7-11-9/h4,7,9-10H,2-3,5-6,8H2,1H3. The maximum atomic E-state index is 5.38. The molecule has 2 nitrogen and oxygen atoms in total. The van der Waals surface area contributed by atoms with E-state index in [4.69, 9.17) is 4.74 Å². The molecule has 0 aromatic heterocycles. The third-order valence-corrected chi connectivity index (χ3v) is 1.82. The van der Waals surface area contributed by atoms with Gasteiger partial charge in [0.1, 0.15) is 6.10 Å². The fourth-order valence-corrected chi connectivity index (χ4v) is 1.17. The van der Waals surface area contributed by atoms with Crippen molar-refractivity contribution in [3.05, 3.63) is 12.3 Å². The van der Waals surface area contributed by atoms with Crippen LogP contribution in [0.15, 0.2) is 12.3 Å². The first-order valence-corrected chi connectivity index (χ1v) is 4.44. The Morgan fingerprint density at radius 3 is 3.18 bits per heavy atom. The quantitative estimate of drug-likeness (QED) is 0.624. The molecule has 0 saturated heterocycles. The molecule has 0 spiro atoms. The maximum Gasteiger partial charge on any atom is 0.110 e. The summed E-state index contributed by atoms with van der Waals surface area (Å²) in [5.41, 5.74) is 0. The molecule has 1 aliphatic rings. The van der Waals surface area contributed by atoms with Gasteiger partial charge in [-0.2, -0.15) is 0 Å². The van der Waals surface area contributed by atoms with Gasteiger partial charge in [-0.05, 0) is 31.9 Å². The highest BCUT2D eigenvalue weighted by Gasteiger charge is 2.08. The molecular formula is C9H17NO. The van der Waals surface area contributed by atoms with Gasteiger partial charge in [-0.3, -0.25) is 0 Å². The van der Waals surface area contributed by atoms with E-state index in [1.165, 1.54) is 12.8 Å². The third kappa shape index (κ3) is 3.42. The molecule has 0 aromatic rings. The van der Waals surface area contributed by atoms with Crippen LogP contribution in [0, 0.1) is 0 Å². The minimum absolute atomic E-state index is 0.409. The Morgan fingerprint density at radius 1 is 1.64 bits per heavy atom. The fraction of sp³-hybridized carbons (Fsp3) is 0.778. The smallest absolute Gasteiger partial charge is 0.110 e. The van der Waals surface area contributed by atoms with Gasteiger partial charge in [0.2, 0.25) is 0 Å². The minimum Gasteiger partial charge on any atom is -0.497 e. The van der Waals surface area contributed by atoms with Crippen LogP contribution in [0.3, 0.4) is 0 Å². The monoisotopic (exact) mass is 155 g/mol.